The van der Waals surface area contributed by atoms with Crippen molar-refractivity contribution in [3.8, 4) is 0 Å². The zero-order valence-corrected chi connectivity index (χ0v) is 19.2. The number of amides is 1. The van der Waals surface area contributed by atoms with Crippen molar-refractivity contribution >= 4 is 12.1 Å². The van der Waals surface area contributed by atoms with E-state index in [0.29, 0.717) is 0 Å². The Morgan fingerprint density at radius 1 is 1.24 bits per heavy atom. The van der Waals surface area contributed by atoms with Gasteiger partial charge in [-0.25, -0.2) is 4.79 Å². The van der Waals surface area contributed by atoms with E-state index in [0.717, 1.165) is 58.2 Å². The van der Waals surface area contributed by atoms with E-state index in [9.17, 15) is 4.79 Å². The minimum atomic E-state index is -0.476. The van der Waals surface area contributed by atoms with Crippen molar-refractivity contribution in [2.24, 2.45) is 10.4 Å². The molecule has 7 heteroatoms. The van der Waals surface area contributed by atoms with Gasteiger partial charge in [0.15, 0.2) is 5.96 Å². The average Bonchev–Trinajstić information content (AvgIpc) is 3.27. The molecule has 2 N–H and O–H groups in total. The van der Waals surface area contributed by atoms with E-state index in [1.807, 2.05) is 20.8 Å². The molecule has 1 atom stereocenters. The van der Waals surface area contributed by atoms with Crippen molar-refractivity contribution < 1.29 is 14.3 Å². The number of hydrogen-bond acceptors (Lipinski definition) is 4. The molecular weight excluding hydrogens is 368 g/mol. The summed E-state index contributed by atoms with van der Waals surface area (Å²) in [4.78, 5) is 19.4. The first-order chi connectivity index (χ1) is 13.8. The molecule has 7 nitrogen and oxygen atoms in total. The van der Waals surface area contributed by atoms with Gasteiger partial charge >= 0.3 is 6.09 Å². The van der Waals surface area contributed by atoms with Crippen LogP contribution in [0, 0.1) is 5.41 Å². The summed E-state index contributed by atoms with van der Waals surface area (Å²) >= 11 is 0. The summed E-state index contributed by atoms with van der Waals surface area (Å²) in [7, 11) is 0. The number of aliphatic imine (C=N–C) groups is 1. The minimum Gasteiger partial charge on any atom is -0.444 e. The fourth-order valence-corrected chi connectivity index (χ4v) is 4.26. The molecule has 0 bridgehead atoms. The third kappa shape index (κ3) is 8.03. The average molecular weight is 411 g/mol. The Labute approximate surface area is 177 Å². The highest BCUT2D eigenvalue weighted by molar-refractivity contribution is 5.80. The number of ether oxygens (including phenoxy) is 2. The van der Waals surface area contributed by atoms with E-state index in [1.165, 1.54) is 25.7 Å². The summed E-state index contributed by atoms with van der Waals surface area (Å²) in [6.07, 6.45) is 6.73. The van der Waals surface area contributed by atoms with Crippen LogP contribution in [0.2, 0.25) is 0 Å². The number of guanidine groups is 1. The molecule has 29 heavy (non-hydrogen) atoms. The number of hydrogen-bond donors (Lipinski definition) is 2. The second kappa shape index (κ2) is 11.0. The number of nitrogens with one attached hydrogen (secondary N) is 2. The van der Waals surface area contributed by atoms with E-state index in [1.54, 1.807) is 0 Å². The van der Waals surface area contributed by atoms with Gasteiger partial charge in [0.2, 0.25) is 0 Å². The van der Waals surface area contributed by atoms with Gasteiger partial charge in [0.25, 0.3) is 0 Å². The molecule has 1 aliphatic carbocycles. The highest BCUT2D eigenvalue weighted by atomic mass is 16.6. The molecule has 0 aromatic heterocycles. The third-order valence-electron chi connectivity index (χ3n) is 5.75. The molecule has 0 unspecified atom stereocenters. The monoisotopic (exact) mass is 410 g/mol. The van der Waals surface area contributed by atoms with Gasteiger partial charge in [-0.2, -0.15) is 0 Å². The third-order valence-corrected chi connectivity index (χ3v) is 5.75. The topological polar surface area (TPSA) is 75.2 Å². The van der Waals surface area contributed by atoms with Crippen LogP contribution in [0.5, 0.6) is 0 Å². The van der Waals surface area contributed by atoms with Crippen LogP contribution >= 0.6 is 0 Å². The quantitative estimate of drug-likeness (QED) is 0.364. The molecular formula is C22H42N4O3. The molecule has 1 saturated carbocycles. The van der Waals surface area contributed by atoms with Crippen molar-refractivity contribution in [2.75, 3.05) is 39.4 Å². The fourth-order valence-electron chi connectivity index (χ4n) is 4.26. The Kier molecular flexibility index (Phi) is 9.05. The van der Waals surface area contributed by atoms with Gasteiger partial charge in [-0.1, -0.05) is 12.8 Å². The summed E-state index contributed by atoms with van der Waals surface area (Å²) in [5, 5.41) is 6.45. The van der Waals surface area contributed by atoms with Crippen LogP contribution in [0.1, 0.15) is 73.1 Å². The van der Waals surface area contributed by atoms with Gasteiger partial charge in [-0.15, -0.1) is 0 Å². The lowest BCUT2D eigenvalue weighted by Gasteiger charge is -2.29. The number of rotatable bonds is 8. The Bertz CT molecular complexity index is 539. The molecule has 2 rings (SSSR count). The molecule has 1 saturated heterocycles. The smallest absolute Gasteiger partial charge is 0.407 e. The van der Waals surface area contributed by atoms with Gasteiger partial charge < -0.3 is 25.0 Å². The van der Waals surface area contributed by atoms with Crippen molar-refractivity contribution in [3.05, 3.63) is 0 Å². The fraction of sp³-hybridized carbons (Fsp3) is 0.909. The van der Waals surface area contributed by atoms with Crippen LogP contribution in [0.25, 0.3) is 0 Å². The largest absolute Gasteiger partial charge is 0.444 e. The van der Waals surface area contributed by atoms with Crippen LogP contribution in [-0.2, 0) is 9.47 Å². The summed E-state index contributed by atoms with van der Waals surface area (Å²) in [6.45, 7) is 14.7. The number of likely N-dealkylation sites (tertiary alicyclic amines) is 1. The van der Waals surface area contributed by atoms with Gasteiger partial charge in [-0.05, 0) is 65.7 Å². The van der Waals surface area contributed by atoms with Gasteiger partial charge in [0.1, 0.15) is 5.60 Å². The lowest BCUT2D eigenvalue weighted by Crippen LogP contribution is -2.44. The van der Waals surface area contributed by atoms with Gasteiger partial charge in [0, 0.05) is 39.4 Å². The zero-order chi connectivity index (χ0) is 21.3. The predicted octanol–water partition coefficient (Wildman–Crippen LogP) is 3.54. The summed E-state index contributed by atoms with van der Waals surface area (Å²) in [6, 6.07) is 0.0899. The van der Waals surface area contributed by atoms with Gasteiger partial charge in [0.05, 0.1) is 6.04 Å². The first-order valence-electron chi connectivity index (χ1n) is 11.4. The van der Waals surface area contributed by atoms with Crippen LogP contribution in [0.3, 0.4) is 0 Å². The molecule has 168 valence electrons. The molecule has 2 aliphatic rings. The normalized spacial score (nSPS) is 22.0. The molecule has 1 heterocycles. The number of nitrogens with zero attached hydrogens (tertiary/aromatic N) is 2. The standard InChI is InChI=1S/C22H42N4O3/c1-6-23-19(24-17-22(11-8-9-12-22)13-15-28-7-2)26-14-10-18(16-26)25-20(27)29-21(3,4)5/h18H,6-17H2,1-5H3,(H,23,24)(H,25,27)/t18-/m1/s1. The number of carbonyl (C=O) groups excluding carboxylic acids is 1. The molecule has 0 aromatic carbocycles. The molecule has 0 radical (unpaired) electrons. The predicted molar refractivity (Wildman–Crippen MR) is 117 cm³/mol. The Balaban J connectivity index is 1.93. The van der Waals surface area contributed by atoms with Crippen molar-refractivity contribution in [1.82, 2.24) is 15.5 Å². The van der Waals surface area contributed by atoms with E-state index in [4.69, 9.17) is 14.5 Å². The zero-order valence-electron chi connectivity index (χ0n) is 19.2. The maximum atomic E-state index is 12.1. The number of carbonyl (C=O) groups is 1. The molecule has 1 aliphatic heterocycles. The molecule has 1 amide bonds. The van der Waals surface area contributed by atoms with Crippen LogP contribution in [0.15, 0.2) is 4.99 Å². The van der Waals surface area contributed by atoms with E-state index in [-0.39, 0.29) is 17.6 Å². The number of alkyl carbamates (subject to hydrolysis) is 1. The second-order valence-electron chi connectivity index (χ2n) is 9.40. The Hall–Kier alpha value is -1.50. The lowest BCUT2D eigenvalue weighted by molar-refractivity contribution is 0.0507. The molecule has 0 spiro atoms. The lowest BCUT2D eigenvalue weighted by atomic mass is 9.83. The van der Waals surface area contributed by atoms with Crippen LogP contribution in [0.4, 0.5) is 4.79 Å². The van der Waals surface area contributed by atoms with Crippen LogP contribution < -0.4 is 10.6 Å². The summed E-state index contributed by atoms with van der Waals surface area (Å²) < 4.78 is 11.0. The first-order valence-corrected chi connectivity index (χ1v) is 11.4. The summed E-state index contributed by atoms with van der Waals surface area (Å²) in [5.74, 6) is 0.962. The molecule has 2 fully saturated rings. The summed E-state index contributed by atoms with van der Waals surface area (Å²) in [5.41, 5.74) is -0.195. The Morgan fingerprint density at radius 3 is 2.59 bits per heavy atom. The van der Waals surface area contributed by atoms with Crippen molar-refractivity contribution in [3.63, 3.8) is 0 Å². The van der Waals surface area contributed by atoms with Crippen molar-refractivity contribution in [1.29, 1.82) is 0 Å². The van der Waals surface area contributed by atoms with E-state index in [2.05, 4.69) is 29.4 Å². The van der Waals surface area contributed by atoms with E-state index >= 15 is 0 Å². The highest BCUT2D eigenvalue weighted by Crippen LogP contribution is 2.41. The highest BCUT2D eigenvalue weighted by Gasteiger charge is 2.34. The van der Waals surface area contributed by atoms with Crippen LogP contribution in [-0.4, -0.2) is 68.0 Å². The Morgan fingerprint density at radius 2 is 1.97 bits per heavy atom. The van der Waals surface area contributed by atoms with Crippen molar-refractivity contribution in [2.45, 2.75) is 84.8 Å². The first kappa shape index (κ1) is 23.8. The van der Waals surface area contributed by atoms with E-state index < -0.39 is 5.60 Å². The maximum absolute atomic E-state index is 12.1. The molecule has 0 aromatic rings. The second-order valence-corrected chi connectivity index (χ2v) is 9.40. The van der Waals surface area contributed by atoms with Gasteiger partial charge in [-0.3, -0.25) is 4.99 Å². The SMILES string of the molecule is CCNC(=NCC1(CCOCC)CCCC1)N1CC[C@@H](NC(=O)OC(C)(C)C)C1. The maximum Gasteiger partial charge on any atom is 0.407 e. The minimum absolute atomic E-state index is 0.0899.